The molecule has 0 heterocycles. The summed E-state index contributed by atoms with van der Waals surface area (Å²) < 4.78 is 24.4. The van der Waals surface area contributed by atoms with E-state index in [1.54, 1.807) is 0 Å². The van der Waals surface area contributed by atoms with Crippen molar-refractivity contribution in [3.8, 4) is 0 Å². The Morgan fingerprint density at radius 1 is 1.50 bits per heavy atom. The third kappa shape index (κ3) is 42.6. The molecule has 6 heteroatoms. The number of rotatable bonds is 0. The van der Waals surface area contributed by atoms with Crippen LogP contribution >= 0.6 is 0 Å². The van der Waals surface area contributed by atoms with Crippen molar-refractivity contribution in [2.24, 2.45) is 0 Å². The maximum atomic E-state index is 8.67. The van der Waals surface area contributed by atoms with E-state index in [9.17, 15) is 0 Å². The Morgan fingerprint density at radius 2 is 1.50 bits per heavy atom. The quantitative estimate of drug-likeness (QED) is 0.333. The van der Waals surface area contributed by atoms with Crippen LogP contribution in [0.3, 0.4) is 0 Å². The normalized spacial score (nSPS) is 4.17. The third-order valence-corrected chi connectivity index (χ3v) is 0. The fraction of sp³-hybridized carbons (Fsp3) is 0. The predicted octanol–water partition coefficient (Wildman–Crippen LogP) is -6.56. The van der Waals surface area contributed by atoms with Gasteiger partial charge < -0.3 is 2.85 Å². The minimum absolute atomic E-state index is 0. The first-order valence-electron chi connectivity index (χ1n) is 0.565. The molecule has 0 radical (unpaired) electrons. The van der Waals surface area contributed by atoms with E-state index in [1.807, 2.05) is 0 Å². The fourth-order valence-corrected chi connectivity index (χ4v) is 0. The molecule has 0 unspecified atom stereocenters. The van der Waals surface area contributed by atoms with Gasteiger partial charge in [-0.15, -0.1) is 0 Å². The van der Waals surface area contributed by atoms with Gasteiger partial charge in [0.15, 0.2) is 0 Å². The zero-order chi connectivity index (χ0) is 3.58. The van der Waals surface area contributed by atoms with Crippen molar-refractivity contribution < 1.29 is 78.1 Å². The average molecular weight is 132 g/mol. The van der Waals surface area contributed by atoms with E-state index in [-0.39, 0.29) is 51.3 Å². The summed E-state index contributed by atoms with van der Waals surface area (Å²) in [5.74, 6) is 0. The standard InChI is InChI=1S/Li.Na.H2O.2O.V.2H/h;;1H2;;;;;/q2*+1;;;;+1;2*-1/p-1. The first-order chi connectivity index (χ1) is 1.73. The number of hydrogen-bond acceptors (Lipinski definition) is 2. The number of hydrogen-bond donors (Lipinski definition) is 1. The monoisotopic (exact) mass is 132 g/mol. The molecule has 6 heavy (non-hydrogen) atoms. The van der Waals surface area contributed by atoms with E-state index >= 15 is 0 Å². The fourth-order valence-electron chi connectivity index (χ4n) is 0. The second kappa shape index (κ2) is 9.89. The van der Waals surface area contributed by atoms with Gasteiger partial charge in [0.25, 0.3) is 0 Å². The van der Waals surface area contributed by atoms with Crippen LogP contribution < -0.4 is 48.4 Å². The van der Waals surface area contributed by atoms with Gasteiger partial charge in [-0.3, -0.25) is 0 Å². The third-order valence-electron chi connectivity index (χ3n) is 0. The molecule has 0 aromatic rings. The van der Waals surface area contributed by atoms with Crippen molar-refractivity contribution in [2.45, 2.75) is 0 Å². The predicted molar refractivity (Wildman–Crippen MR) is 5.82 cm³/mol. The molecule has 0 aliphatic carbocycles. The van der Waals surface area contributed by atoms with Crippen molar-refractivity contribution in [3.63, 3.8) is 0 Å². The molecule has 28 valence electrons. The summed E-state index contributed by atoms with van der Waals surface area (Å²) in [7, 11) is 0. The zero-order valence-electron chi connectivity index (χ0n) is 5.71. The molecule has 0 atom stereocenters. The summed E-state index contributed by atoms with van der Waals surface area (Å²) in [6.07, 6.45) is 0. The molecule has 0 bridgehead atoms. The van der Waals surface area contributed by atoms with Gasteiger partial charge in [-0.2, -0.15) is 0 Å². The van der Waals surface area contributed by atoms with Gasteiger partial charge in [-0.05, 0) is 0 Å². The summed E-state index contributed by atoms with van der Waals surface area (Å²) in [5.41, 5.74) is 0. The van der Waals surface area contributed by atoms with E-state index in [0.29, 0.717) is 0 Å². The molecule has 3 nitrogen and oxygen atoms in total. The topological polar surface area (TPSA) is 54.4 Å². The second-order valence-corrected chi connectivity index (χ2v) is 0.981. The molecule has 0 saturated heterocycles. The summed E-state index contributed by atoms with van der Waals surface area (Å²) in [5, 5.41) is 0. The second-order valence-electron chi connectivity index (χ2n) is 0.238. The molecule has 0 rings (SSSR count). The van der Waals surface area contributed by atoms with Crippen molar-refractivity contribution in [3.05, 3.63) is 0 Å². The molecule has 0 saturated carbocycles. The van der Waals surface area contributed by atoms with Crippen LogP contribution in [0.2, 0.25) is 0 Å². The molecule has 0 aliphatic heterocycles. The van der Waals surface area contributed by atoms with Crippen molar-refractivity contribution >= 4 is 0 Å². The van der Waals surface area contributed by atoms with Gasteiger partial charge >= 0.3 is 75.2 Å². The molecule has 0 spiro atoms. The van der Waals surface area contributed by atoms with E-state index < -0.39 is 15.4 Å². The Kier molecular flexibility index (Phi) is 25.8. The van der Waals surface area contributed by atoms with Gasteiger partial charge in [0.1, 0.15) is 0 Å². The van der Waals surface area contributed by atoms with Crippen molar-refractivity contribution in [1.29, 1.82) is 0 Å². The Morgan fingerprint density at radius 3 is 1.50 bits per heavy atom. The van der Waals surface area contributed by atoms with Crippen molar-refractivity contribution in [1.82, 2.24) is 0 Å². The van der Waals surface area contributed by atoms with Crippen LogP contribution in [-0.4, -0.2) is 4.03 Å². The van der Waals surface area contributed by atoms with Gasteiger partial charge in [-0.25, -0.2) is 0 Å². The van der Waals surface area contributed by atoms with Gasteiger partial charge in [-0.1, -0.05) is 0 Å². The molecule has 0 aliphatic rings. The summed E-state index contributed by atoms with van der Waals surface area (Å²) in [6, 6.07) is 0. The molecular formula is H3LiNaO3V. The Hall–Kier alpha value is 1.74. The molecule has 0 amide bonds. The average Bonchev–Trinajstić information content (AvgIpc) is 0.811. The molecular weight excluding hydrogens is 129 g/mol. The van der Waals surface area contributed by atoms with Gasteiger partial charge in [0, 0.05) is 0 Å². The van der Waals surface area contributed by atoms with E-state index in [2.05, 4.69) is 0 Å². The minimum atomic E-state index is -3.69. The summed E-state index contributed by atoms with van der Waals surface area (Å²) in [4.78, 5) is 0. The zero-order valence-corrected chi connectivity index (χ0v) is 7.11. The van der Waals surface area contributed by atoms with Gasteiger partial charge in [0.05, 0.1) is 0 Å². The Labute approximate surface area is 77.3 Å². The van der Waals surface area contributed by atoms with Crippen LogP contribution in [0.15, 0.2) is 0 Å². The summed E-state index contributed by atoms with van der Waals surface area (Å²) >= 11 is -3.69. The van der Waals surface area contributed by atoms with Crippen LogP contribution in [-0.2, 0) is 22.7 Å². The molecule has 0 fully saturated rings. The van der Waals surface area contributed by atoms with Crippen molar-refractivity contribution in [2.75, 3.05) is 0 Å². The summed E-state index contributed by atoms with van der Waals surface area (Å²) in [6.45, 7) is 0. The van der Waals surface area contributed by atoms with Crippen LogP contribution in [0.25, 0.3) is 0 Å². The van der Waals surface area contributed by atoms with Crippen LogP contribution in [0.1, 0.15) is 2.85 Å². The SMILES string of the molecule is [H-].[H-].[Li+].[Na+].[O]=[V](=[O])[OH]. The Bertz CT molecular complexity index is 65.7. The first kappa shape index (κ1) is 15.6. The van der Waals surface area contributed by atoms with Crippen LogP contribution in [0.4, 0.5) is 0 Å². The molecule has 0 aromatic heterocycles. The van der Waals surface area contributed by atoms with Crippen LogP contribution in [0, 0.1) is 0 Å². The Balaban J connectivity index is -0.00000000750. The maximum absolute atomic E-state index is 8.67. The van der Waals surface area contributed by atoms with Crippen LogP contribution in [0.5, 0.6) is 0 Å². The van der Waals surface area contributed by atoms with E-state index in [0.717, 1.165) is 0 Å². The van der Waals surface area contributed by atoms with E-state index in [4.69, 9.17) is 11.4 Å². The van der Waals surface area contributed by atoms with E-state index in [1.165, 1.54) is 0 Å². The molecule has 0 aromatic carbocycles. The molecule has 1 N–H and O–H groups in total. The van der Waals surface area contributed by atoms with Gasteiger partial charge in [0.2, 0.25) is 0 Å². The first-order valence-corrected chi connectivity index (χ1v) is 2.33.